The summed E-state index contributed by atoms with van der Waals surface area (Å²) in [7, 11) is 0. The maximum atomic E-state index is 12.3. The Morgan fingerprint density at radius 3 is 2.86 bits per heavy atom. The zero-order chi connectivity index (χ0) is 14.8. The number of nitrogens with one attached hydrogen (secondary N) is 1. The van der Waals surface area contributed by atoms with E-state index in [1.807, 2.05) is 55.5 Å². The minimum Gasteiger partial charge on any atom is -0.359 e. The van der Waals surface area contributed by atoms with Crippen molar-refractivity contribution in [3.8, 4) is 0 Å². The molecule has 0 atom stereocenters. The topological polar surface area (TPSA) is 29.1 Å². The van der Waals surface area contributed by atoms with Gasteiger partial charge in [0.15, 0.2) is 5.78 Å². The normalized spacial score (nSPS) is 13.3. The monoisotopic (exact) mass is 275 g/mol. The van der Waals surface area contributed by atoms with E-state index in [0.717, 1.165) is 40.1 Å². The lowest BCUT2D eigenvalue weighted by atomic mass is 10.0. The summed E-state index contributed by atoms with van der Waals surface area (Å²) in [4.78, 5) is 12.3. The number of rotatable bonds is 3. The number of hydrogen-bond donors (Lipinski definition) is 1. The van der Waals surface area contributed by atoms with E-state index >= 15 is 0 Å². The first-order valence-electron chi connectivity index (χ1n) is 6.99. The summed E-state index contributed by atoms with van der Waals surface area (Å²) < 4.78 is 0. The van der Waals surface area contributed by atoms with Crippen LogP contribution in [-0.2, 0) is 6.42 Å². The lowest BCUT2D eigenvalue weighted by Crippen LogP contribution is -1.95. The van der Waals surface area contributed by atoms with Crippen LogP contribution in [-0.4, -0.2) is 5.78 Å². The highest BCUT2D eigenvalue weighted by molar-refractivity contribution is 6.07. The van der Waals surface area contributed by atoms with Gasteiger partial charge in [0.1, 0.15) is 0 Å². The molecular weight excluding hydrogens is 258 g/mol. The van der Waals surface area contributed by atoms with Crippen molar-refractivity contribution in [2.24, 2.45) is 0 Å². The van der Waals surface area contributed by atoms with Gasteiger partial charge in [-0.25, -0.2) is 0 Å². The molecule has 0 bridgehead atoms. The fourth-order valence-electron chi connectivity index (χ4n) is 2.52. The quantitative estimate of drug-likeness (QED) is 0.665. The van der Waals surface area contributed by atoms with Crippen molar-refractivity contribution in [3.05, 3.63) is 83.1 Å². The third kappa shape index (κ3) is 2.79. The second kappa shape index (κ2) is 5.41. The highest BCUT2D eigenvalue weighted by Crippen LogP contribution is 2.28. The molecule has 0 unspecified atom stereocenters. The van der Waals surface area contributed by atoms with Crippen LogP contribution in [0.25, 0.3) is 6.08 Å². The van der Waals surface area contributed by atoms with Gasteiger partial charge in [-0.15, -0.1) is 0 Å². The van der Waals surface area contributed by atoms with Crippen LogP contribution in [0.2, 0.25) is 0 Å². The van der Waals surface area contributed by atoms with Gasteiger partial charge >= 0.3 is 0 Å². The first kappa shape index (κ1) is 13.4. The Balaban J connectivity index is 1.82. The van der Waals surface area contributed by atoms with Crippen LogP contribution in [0.5, 0.6) is 0 Å². The number of aryl methyl sites for hydroxylation is 1. The lowest BCUT2D eigenvalue weighted by Gasteiger charge is -2.02. The van der Waals surface area contributed by atoms with Gasteiger partial charge < -0.3 is 5.32 Å². The molecular formula is C19H17NO. The average molecular weight is 275 g/mol. The van der Waals surface area contributed by atoms with Crippen LogP contribution in [0.3, 0.4) is 0 Å². The first-order chi connectivity index (χ1) is 10.1. The van der Waals surface area contributed by atoms with E-state index in [9.17, 15) is 4.79 Å². The second-order valence-electron chi connectivity index (χ2n) is 5.33. The molecule has 0 saturated heterocycles. The number of benzene rings is 2. The molecule has 104 valence electrons. The van der Waals surface area contributed by atoms with Gasteiger partial charge in [0, 0.05) is 23.4 Å². The number of carbonyl (C=O) groups excluding carboxylic acids is 1. The SMILES string of the molecule is C=C1Cc2cc(C(=O)/C=C/c3ccccc3C)ccc2N1. The number of allylic oxidation sites excluding steroid dienone is 2. The Labute approximate surface area is 124 Å². The van der Waals surface area contributed by atoms with Gasteiger partial charge in [-0.2, -0.15) is 0 Å². The minimum atomic E-state index is 0.0264. The number of anilines is 1. The van der Waals surface area contributed by atoms with Crippen molar-refractivity contribution in [3.63, 3.8) is 0 Å². The van der Waals surface area contributed by atoms with Crippen molar-refractivity contribution < 1.29 is 4.79 Å². The van der Waals surface area contributed by atoms with Crippen LogP contribution in [0.4, 0.5) is 5.69 Å². The molecule has 2 heteroatoms. The van der Waals surface area contributed by atoms with E-state index in [4.69, 9.17) is 0 Å². The molecule has 1 aliphatic rings. The van der Waals surface area contributed by atoms with Crippen molar-refractivity contribution in [2.75, 3.05) is 5.32 Å². The zero-order valence-electron chi connectivity index (χ0n) is 12.0. The standard InChI is InChI=1S/C19H17NO/c1-13-5-3-4-6-15(13)8-10-19(21)16-7-9-18-17(12-16)11-14(2)20-18/h3-10,12,20H,2,11H2,1H3/b10-8+. The van der Waals surface area contributed by atoms with Crippen molar-refractivity contribution in [1.29, 1.82) is 0 Å². The third-order valence-electron chi connectivity index (χ3n) is 3.71. The average Bonchev–Trinajstić information content (AvgIpc) is 2.85. The molecule has 2 aromatic carbocycles. The second-order valence-corrected chi connectivity index (χ2v) is 5.33. The van der Waals surface area contributed by atoms with Gasteiger partial charge in [-0.3, -0.25) is 4.79 Å². The van der Waals surface area contributed by atoms with Gasteiger partial charge in [0.25, 0.3) is 0 Å². The number of fused-ring (bicyclic) bond motifs is 1. The molecule has 0 spiro atoms. The van der Waals surface area contributed by atoms with Crippen LogP contribution in [0.15, 0.2) is 60.8 Å². The van der Waals surface area contributed by atoms with E-state index in [-0.39, 0.29) is 5.78 Å². The molecule has 0 saturated carbocycles. The van der Waals surface area contributed by atoms with Gasteiger partial charge in [-0.1, -0.05) is 36.9 Å². The Bertz CT molecular complexity index is 756. The summed E-state index contributed by atoms with van der Waals surface area (Å²) in [5.74, 6) is 0.0264. The predicted molar refractivity (Wildman–Crippen MR) is 87.5 cm³/mol. The maximum absolute atomic E-state index is 12.3. The maximum Gasteiger partial charge on any atom is 0.185 e. The fourth-order valence-corrected chi connectivity index (χ4v) is 2.52. The molecule has 1 heterocycles. The van der Waals surface area contributed by atoms with Crippen molar-refractivity contribution in [2.45, 2.75) is 13.3 Å². The molecule has 2 nitrogen and oxygen atoms in total. The van der Waals surface area contributed by atoms with Gasteiger partial charge in [0.05, 0.1) is 0 Å². The molecule has 1 N–H and O–H groups in total. The van der Waals surface area contributed by atoms with E-state index < -0.39 is 0 Å². The Hall–Kier alpha value is -2.61. The van der Waals surface area contributed by atoms with Crippen molar-refractivity contribution >= 4 is 17.5 Å². The molecule has 21 heavy (non-hydrogen) atoms. The van der Waals surface area contributed by atoms with E-state index in [2.05, 4.69) is 11.9 Å². The van der Waals surface area contributed by atoms with Crippen LogP contribution < -0.4 is 5.32 Å². The number of ketones is 1. The van der Waals surface area contributed by atoms with Crippen molar-refractivity contribution in [1.82, 2.24) is 0 Å². The highest BCUT2D eigenvalue weighted by Gasteiger charge is 2.14. The van der Waals surface area contributed by atoms with Crippen LogP contribution >= 0.6 is 0 Å². The smallest absolute Gasteiger partial charge is 0.185 e. The first-order valence-corrected chi connectivity index (χ1v) is 6.99. The minimum absolute atomic E-state index is 0.0264. The molecule has 0 amide bonds. The Morgan fingerprint density at radius 1 is 1.24 bits per heavy atom. The molecule has 2 aromatic rings. The number of carbonyl (C=O) groups is 1. The summed E-state index contributed by atoms with van der Waals surface area (Å²) in [6, 6.07) is 13.8. The zero-order valence-corrected chi connectivity index (χ0v) is 12.0. The largest absolute Gasteiger partial charge is 0.359 e. The lowest BCUT2D eigenvalue weighted by molar-refractivity contribution is 0.104. The van der Waals surface area contributed by atoms with E-state index in [1.54, 1.807) is 6.08 Å². The molecule has 0 radical (unpaired) electrons. The summed E-state index contributed by atoms with van der Waals surface area (Å²) in [6.45, 7) is 5.96. The van der Waals surface area contributed by atoms with Crippen LogP contribution in [0.1, 0.15) is 27.0 Å². The molecule has 1 aliphatic heterocycles. The Morgan fingerprint density at radius 2 is 2.05 bits per heavy atom. The summed E-state index contributed by atoms with van der Waals surface area (Å²) in [5.41, 5.74) is 6.12. The van der Waals surface area contributed by atoms with E-state index in [0.29, 0.717) is 0 Å². The molecule has 0 aromatic heterocycles. The van der Waals surface area contributed by atoms with Gasteiger partial charge in [-0.05, 0) is 47.9 Å². The summed E-state index contributed by atoms with van der Waals surface area (Å²) >= 11 is 0. The highest BCUT2D eigenvalue weighted by atomic mass is 16.1. The molecule has 3 rings (SSSR count). The third-order valence-corrected chi connectivity index (χ3v) is 3.71. The number of hydrogen-bond acceptors (Lipinski definition) is 2. The molecule has 0 aliphatic carbocycles. The summed E-state index contributed by atoms with van der Waals surface area (Å²) in [5, 5.41) is 3.21. The van der Waals surface area contributed by atoms with E-state index in [1.165, 1.54) is 0 Å². The fraction of sp³-hybridized carbons (Fsp3) is 0.105. The summed E-state index contributed by atoms with van der Waals surface area (Å²) in [6.07, 6.45) is 4.31. The van der Waals surface area contributed by atoms with Gasteiger partial charge in [0.2, 0.25) is 0 Å². The predicted octanol–water partition coefficient (Wildman–Crippen LogP) is 4.37. The van der Waals surface area contributed by atoms with Crippen LogP contribution in [0, 0.1) is 6.92 Å². The Kier molecular flexibility index (Phi) is 3.44. The molecule has 0 fully saturated rings.